The van der Waals surface area contributed by atoms with Crippen molar-refractivity contribution in [2.24, 2.45) is 0 Å². The van der Waals surface area contributed by atoms with Gasteiger partial charge in [-0.3, -0.25) is 0 Å². The van der Waals surface area contributed by atoms with Crippen molar-refractivity contribution in [3.8, 4) is 0 Å². The van der Waals surface area contributed by atoms with Crippen LogP contribution < -0.4 is 5.32 Å². The summed E-state index contributed by atoms with van der Waals surface area (Å²) in [6, 6.07) is 8.87. The Morgan fingerprint density at radius 3 is 2.71 bits per heavy atom. The zero-order valence-electron chi connectivity index (χ0n) is 10.6. The van der Waals surface area contributed by atoms with E-state index in [9.17, 15) is 5.11 Å². The van der Waals surface area contributed by atoms with Crippen molar-refractivity contribution in [1.82, 2.24) is 5.32 Å². The second-order valence-corrected chi connectivity index (χ2v) is 6.15. The van der Waals surface area contributed by atoms with Gasteiger partial charge in [-0.25, -0.2) is 0 Å². The van der Waals surface area contributed by atoms with Crippen LogP contribution >= 0.6 is 11.8 Å². The number of nitrogens with one attached hydrogen (secondary N) is 1. The number of rotatable bonds is 4. The van der Waals surface area contributed by atoms with Crippen molar-refractivity contribution in [2.75, 3.05) is 18.1 Å². The molecule has 2 unspecified atom stereocenters. The highest BCUT2D eigenvalue weighted by Crippen LogP contribution is 2.27. The molecule has 2 atom stereocenters. The Morgan fingerprint density at radius 1 is 1.41 bits per heavy atom. The molecule has 0 aromatic heterocycles. The van der Waals surface area contributed by atoms with Gasteiger partial charge in [-0.15, -0.1) is 0 Å². The van der Waals surface area contributed by atoms with Gasteiger partial charge < -0.3 is 10.4 Å². The van der Waals surface area contributed by atoms with Gasteiger partial charge in [0.25, 0.3) is 0 Å². The summed E-state index contributed by atoms with van der Waals surface area (Å²) >= 11 is 1.84. The molecule has 94 valence electrons. The molecule has 1 aliphatic rings. The molecule has 17 heavy (non-hydrogen) atoms. The molecule has 2 N–H and O–H groups in total. The molecule has 2 nitrogen and oxygen atoms in total. The molecule has 0 spiro atoms. The molecular formula is C14H21NOS. The second-order valence-electron chi connectivity index (χ2n) is 5.04. The van der Waals surface area contributed by atoms with Crippen molar-refractivity contribution < 1.29 is 5.11 Å². The summed E-state index contributed by atoms with van der Waals surface area (Å²) in [7, 11) is 0. The van der Waals surface area contributed by atoms with E-state index in [1.807, 2.05) is 11.8 Å². The van der Waals surface area contributed by atoms with Crippen molar-refractivity contribution in [3.05, 3.63) is 35.4 Å². The fourth-order valence-electron chi connectivity index (χ4n) is 2.05. The predicted molar refractivity (Wildman–Crippen MR) is 74.5 cm³/mol. The van der Waals surface area contributed by atoms with Crippen molar-refractivity contribution >= 4 is 11.8 Å². The van der Waals surface area contributed by atoms with E-state index in [1.165, 1.54) is 11.1 Å². The number of aryl methyl sites for hydroxylation is 1. The van der Waals surface area contributed by atoms with E-state index >= 15 is 0 Å². The van der Waals surface area contributed by atoms with Crippen LogP contribution in [-0.2, 0) is 0 Å². The van der Waals surface area contributed by atoms with E-state index in [0.29, 0.717) is 12.6 Å². The summed E-state index contributed by atoms with van der Waals surface area (Å²) in [5, 5.41) is 13.7. The van der Waals surface area contributed by atoms with Crippen LogP contribution in [0.4, 0.5) is 0 Å². The van der Waals surface area contributed by atoms with E-state index in [4.69, 9.17) is 0 Å². The predicted octanol–water partition coefficient (Wildman–Crippen LogP) is 2.51. The van der Waals surface area contributed by atoms with Gasteiger partial charge in [0.1, 0.15) is 0 Å². The molecule has 0 radical (unpaired) electrons. The number of hydrogen-bond acceptors (Lipinski definition) is 3. The van der Waals surface area contributed by atoms with Crippen molar-refractivity contribution in [3.63, 3.8) is 0 Å². The maximum Gasteiger partial charge on any atom is 0.0869 e. The third kappa shape index (κ3) is 3.47. The fraction of sp³-hybridized carbons (Fsp3) is 0.571. The maximum atomic E-state index is 10.2. The third-order valence-electron chi connectivity index (χ3n) is 3.40. The lowest BCUT2D eigenvalue weighted by molar-refractivity contribution is 0.0651. The minimum atomic E-state index is -0.496. The second kappa shape index (κ2) is 5.42. The van der Waals surface area contributed by atoms with Crippen LogP contribution in [0, 0.1) is 6.92 Å². The average Bonchev–Trinajstić information content (AvgIpc) is 2.75. The summed E-state index contributed by atoms with van der Waals surface area (Å²) in [4.78, 5) is 0. The van der Waals surface area contributed by atoms with E-state index in [2.05, 4.69) is 43.4 Å². The molecule has 0 saturated carbocycles. The largest absolute Gasteiger partial charge is 0.388 e. The van der Waals surface area contributed by atoms with E-state index < -0.39 is 5.60 Å². The molecule has 0 bridgehead atoms. The zero-order valence-corrected chi connectivity index (χ0v) is 11.4. The highest BCUT2D eigenvalue weighted by atomic mass is 32.2. The van der Waals surface area contributed by atoms with Crippen LogP contribution in [0.25, 0.3) is 0 Å². The van der Waals surface area contributed by atoms with Gasteiger partial charge in [0, 0.05) is 18.3 Å². The van der Waals surface area contributed by atoms with Gasteiger partial charge in [-0.1, -0.05) is 29.8 Å². The third-order valence-corrected chi connectivity index (χ3v) is 4.63. The minimum Gasteiger partial charge on any atom is -0.388 e. The average molecular weight is 251 g/mol. The quantitative estimate of drug-likeness (QED) is 0.862. The van der Waals surface area contributed by atoms with Crippen LogP contribution in [0.1, 0.15) is 30.5 Å². The van der Waals surface area contributed by atoms with Gasteiger partial charge in [0.15, 0.2) is 0 Å². The Hall–Kier alpha value is -0.510. The molecule has 1 aliphatic heterocycles. The first-order chi connectivity index (χ1) is 8.09. The Bertz CT molecular complexity index is 357. The molecular weight excluding hydrogens is 230 g/mol. The molecule has 1 heterocycles. The fourth-order valence-corrected chi connectivity index (χ4v) is 3.35. The van der Waals surface area contributed by atoms with Gasteiger partial charge in [0.2, 0.25) is 0 Å². The zero-order chi connectivity index (χ0) is 12.3. The van der Waals surface area contributed by atoms with Gasteiger partial charge >= 0.3 is 0 Å². The molecule has 2 rings (SSSR count). The SMILES string of the molecule is Cc1ccc(C(C)NCC2(O)CCSC2)cc1. The van der Waals surface area contributed by atoms with Crippen LogP contribution in [-0.4, -0.2) is 28.8 Å². The first kappa shape index (κ1) is 12.9. The molecule has 1 saturated heterocycles. The van der Waals surface area contributed by atoms with Crippen LogP contribution in [0.5, 0.6) is 0 Å². The van der Waals surface area contributed by atoms with Gasteiger partial charge in [-0.2, -0.15) is 11.8 Å². The molecule has 1 aromatic carbocycles. The number of hydrogen-bond donors (Lipinski definition) is 2. The van der Waals surface area contributed by atoms with Gasteiger partial charge in [0.05, 0.1) is 5.60 Å². The Kier molecular flexibility index (Phi) is 4.13. The Morgan fingerprint density at radius 2 is 2.12 bits per heavy atom. The summed E-state index contributed by atoms with van der Waals surface area (Å²) in [6.07, 6.45) is 0.908. The lowest BCUT2D eigenvalue weighted by Crippen LogP contribution is -2.41. The highest BCUT2D eigenvalue weighted by Gasteiger charge is 2.31. The van der Waals surface area contributed by atoms with Crippen LogP contribution in [0.3, 0.4) is 0 Å². The topological polar surface area (TPSA) is 32.3 Å². The minimum absolute atomic E-state index is 0.297. The lowest BCUT2D eigenvalue weighted by atomic mass is 10.0. The Balaban J connectivity index is 1.88. The normalized spacial score (nSPS) is 26.1. The standard InChI is InChI=1S/C14H21NOS/c1-11-3-5-13(6-4-11)12(2)15-9-14(16)7-8-17-10-14/h3-6,12,15-16H,7-10H2,1-2H3. The van der Waals surface area contributed by atoms with Crippen molar-refractivity contribution in [2.45, 2.75) is 31.9 Å². The van der Waals surface area contributed by atoms with E-state index in [1.54, 1.807) is 0 Å². The first-order valence-corrected chi connectivity index (χ1v) is 7.35. The molecule has 0 aliphatic carbocycles. The molecule has 1 aromatic rings. The van der Waals surface area contributed by atoms with Crippen LogP contribution in [0.15, 0.2) is 24.3 Å². The van der Waals surface area contributed by atoms with E-state index in [-0.39, 0.29) is 0 Å². The lowest BCUT2D eigenvalue weighted by Gasteiger charge is -2.24. The molecule has 0 amide bonds. The first-order valence-electron chi connectivity index (χ1n) is 6.19. The monoisotopic (exact) mass is 251 g/mol. The van der Waals surface area contributed by atoms with Crippen LogP contribution in [0.2, 0.25) is 0 Å². The summed E-state index contributed by atoms with van der Waals surface area (Å²) in [5.74, 6) is 1.94. The summed E-state index contributed by atoms with van der Waals surface area (Å²) < 4.78 is 0. The molecule has 3 heteroatoms. The molecule has 1 fully saturated rings. The number of benzene rings is 1. The van der Waals surface area contributed by atoms with Crippen molar-refractivity contribution in [1.29, 1.82) is 0 Å². The number of thioether (sulfide) groups is 1. The summed E-state index contributed by atoms with van der Waals surface area (Å²) in [5.41, 5.74) is 2.07. The van der Waals surface area contributed by atoms with E-state index in [0.717, 1.165) is 17.9 Å². The van der Waals surface area contributed by atoms with Gasteiger partial charge in [-0.05, 0) is 31.6 Å². The summed E-state index contributed by atoms with van der Waals surface area (Å²) in [6.45, 7) is 4.94. The maximum absolute atomic E-state index is 10.2. The highest BCUT2D eigenvalue weighted by molar-refractivity contribution is 7.99. The smallest absolute Gasteiger partial charge is 0.0869 e. The number of aliphatic hydroxyl groups is 1. The Labute approximate surface area is 108 Å².